The molecule has 1 amide bonds. The summed E-state index contributed by atoms with van der Waals surface area (Å²) in [6.07, 6.45) is 72.6. The maximum atomic E-state index is 12.5. The predicted octanol–water partition coefficient (Wildman–Crippen LogP) is 20.6. The minimum atomic E-state index is -0.677. The second kappa shape index (κ2) is 61.4. The molecule has 0 aromatic rings. The second-order valence-electron chi connectivity index (χ2n) is 22.8. The van der Waals surface area contributed by atoms with E-state index in [1.807, 2.05) is 0 Å². The Bertz CT molecular complexity index is 1020. The molecule has 6 nitrogen and oxygen atoms in total. The Kier molecular flexibility index (Phi) is 60.4. The molecule has 3 N–H and O–H groups in total. The number of amides is 1. The number of carbonyl (C=O) groups excluding carboxylic acids is 2. The fourth-order valence-electron chi connectivity index (χ4n) is 10.6. The Morgan fingerprint density at radius 2 is 0.577 bits per heavy atom. The number of unbranched alkanes of at least 4 members (excludes halogenated alkanes) is 51. The van der Waals surface area contributed by atoms with Crippen LogP contribution in [-0.2, 0) is 14.3 Å². The predicted molar refractivity (Wildman–Crippen MR) is 310 cm³/mol. The van der Waals surface area contributed by atoms with E-state index in [0.29, 0.717) is 25.9 Å². The summed E-state index contributed by atoms with van der Waals surface area (Å²) in [4.78, 5) is 24.6. The van der Waals surface area contributed by atoms with E-state index < -0.39 is 12.1 Å². The summed E-state index contributed by atoms with van der Waals surface area (Å²) in [6.45, 7) is 4.96. The van der Waals surface area contributed by atoms with Crippen molar-refractivity contribution in [3.05, 3.63) is 0 Å². The molecule has 6 heteroatoms. The van der Waals surface area contributed by atoms with Gasteiger partial charge in [-0.2, -0.15) is 0 Å². The van der Waals surface area contributed by atoms with E-state index in [0.717, 1.165) is 57.8 Å². The van der Waals surface area contributed by atoms with Gasteiger partial charge >= 0.3 is 5.97 Å². The Morgan fingerprint density at radius 3 is 0.859 bits per heavy atom. The Morgan fingerprint density at radius 1 is 0.338 bits per heavy atom. The number of hydrogen-bond acceptors (Lipinski definition) is 5. The molecule has 0 aliphatic carbocycles. The number of nitrogens with one attached hydrogen (secondary N) is 1. The molecule has 71 heavy (non-hydrogen) atoms. The van der Waals surface area contributed by atoms with Gasteiger partial charge < -0.3 is 20.3 Å². The van der Waals surface area contributed by atoms with Gasteiger partial charge in [0, 0.05) is 12.8 Å². The summed E-state index contributed by atoms with van der Waals surface area (Å²) >= 11 is 0. The van der Waals surface area contributed by atoms with Gasteiger partial charge in [0.15, 0.2) is 0 Å². The first-order valence-corrected chi connectivity index (χ1v) is 32.8. The summed E-state index contributed by atoms with van der Waals surface area (Å²) in [5.41, 5.74) is 0. The normalized spacial score (nSPS) is 12.5. The maximum Gasteiger partial charge on any atom is 0.305 e. The third-order valence-corrected chi connectivity index (χ3v) is 15.7. The topological polar surface area (TPSA) is 95.9 Å². The van der Waals surface area contributed by atoms with Crippen LogP contribution in [-0.4, -0.2) is 47.4 Å². The number of rotatable bonds is 62. The number of carbonyl (C=O) groups is 2. The minimum Gasteiger partial charge on any atom is -0.466 e. The molecule has 0 bridgehead atoms. The monoisotopic (exact) mass is 1000 g/mol. The summed E-state index contributed by atoms with van der Waals surface area (Å²) < 4.78 is 5.49. The fraction of sp³-hybridized carbons (Fsp3) is 0.969. The standard InChI is InChI=1S/C65H129NO5/c1-3-5-7-9-11-13-15-17-19-21-23-24-25-26-27-29-30-32-34-37-41-45-49-53-57-63(68)62(61-67)66-64(69)58-54-50-46-42-38-36-40-44-48-52-56-60-71-65(70)59-55-51-47-43-39-35-33-31-28-22-20-18-16-14-12-10-8-6-4-2/h62-63,67-68H,3-61H2,1-2H3,(H,66,69). The first kappa shape index (κ1) is 69.9. The van der Waals surface area contributed by atoms with E-state index in [1.54, 1.807) is 0 Å². The van der Waals surface area contributed by atoms with Crippen LogP contribution < -0.4 is 5.32 Å². The van der Waals surface area contributed by atoms with Gasteiger partial charge in [0.05, 0.1) is 25.4 Å². The number of ether oxygens (including phenoxy) is 1. The third-order valence-electron chi connectivity index (χ3n) is 15.7. The van der Waals surface area contributed by atoms with Gasteiger partial charge in [-0.15, -0.1) is 0 Å². The second-order valence-corrected chi connectivity index (χ2v) is 22.8. The van der Waals surface area contributed by atoms with Crippen molar-refractivity contribution in [2.24, 2.45) is 0 Å². The molecule has 0 fully saturated rings. The highest BCUT2D eigenvalue weighted by Gasteiger charge is 2.20. The molecule has 0 aliphatic heterocycles. The van der Waals surface area contributed by atoms with Crippen molar-refractivity contribution in [1.82, 2.24) is 5.32 Å². The molecule has 0 aliphatic rings. The van der Waals surface area contributed by atoms with Gasteiger partial charge in [-0.3, -0.25) is 9.59 Å². The van der Waals surface area contributed by atoms with E-state index >= 15 is 0 Å². The summed E-state index contributed by atoms with van der Waals surface area (Å²) in [7, 11) is 0. The molecule has 0 saturated carbocycles. The van der Waals surface area contributed by atoms with Crippen molar-refractivity contribution in [3.8, 4) is 0 Å². The molecule has 2 atom stereocenters. The van der Waals surface area contributed by atoms with Crippen LogP contribution in [0.1, 0.15) is 380 Å². The molecule has 0 rings (SSSR count). The van der Waals surface area contributed by atoms with Crippen LogP contribution in [0.15, 0.2) is 0 Å². The van der Waals surface area contributed by atoms with Gasteiger partial charge in [-0.1, -0.05) is 341 Å². The molecule has 2 unspecified atom stereocenters. The smallest absolute Gasteiger partial charge is 0.305 e. The van der Waals surface area contributed by atoms with Gasteiger partial charge in [0.2, 0.25) is 5.91 Å². The van der Waals surface area contributed by atoms with E-state index in [9.17, 15) is 19.8 Å². The maximum absolute atomic E-state index is 12.5. The van der Waals surface area contributed by atoms with E-state index in [1.165, 1.54) is 289 Å². The van der Waals surface area contributed by atoms with Crippen LogP contribution in [0.4, 0.5) is 0 Å². The van der Waals surface area contributed by atoms with E-state index in [4.69, 9.17) is 4.74 Å². The van der Waals surface area contributed by atoms with Crippen molar-refractivity contribution in [3.63, 3.8) is 0 Å². The Hall–Kier alpha value is -1.14. The van der Waals surface area contributed by atoms with Crippen LogP contribution in [0.25, 0.3) is 0 Å². The zero-order chi connectivity index (χ0) is 51.4. The zero-order valence-electron chi connectivity index (χ0n) is 48.5. The van der Waals surface area contributed by atoms with Crippen LogP contribution >= 0.6 is 0 Å². The van der Waals surface area contributed by atoms with Gasteiger partial charge in [0.25, 0.3) is 0 Å². The van der Waals surface area contributed by atoms with Crippen LogP contribution in [0.2, 0.25) is 0 Å². The quantitative estimate of drug-likeness (QED) is 0.0417. The minimum absolute atomic E-state index is 0.00683. The molecule has 0 aromatic carbocycles. The molecule has 424 valence electrons. The van der Waals surface area contributed by atoms with Gasteiger partial charge in [0.1, 0.15) is 0 Å². The average molecular weight is 1000 g/mol. The highest BCUT2D eigenvalue weighted by atomic mass is 16.5. The lowest BCUT2D eigenvalue weighted by Gasteiger charge is -2.22. The number of aliphatic hydroxyl groups excluding tert-OH is 2. The largest absolute Gasteiger partial charge is 0.466 e. The van der Waals surface area contributed by atoms with Crippen molar-refractivity contribution in [2.45, 2.75) is 392 Å². The lowest BCUT2D eigenvalue weighted by atomic mass is 10.0. The van der Waals surface area contributed by atoms with Crippen molar-refractivity contribution >= 4 is 11.9 Å². The Labute approximate surface area is 445 Å². The summed E-state index contributed by atoms with van der Waals surface area (Å²) in [5, 5.41) is 23.4. The first-order valence-electron chi connectivity index (χ1n) is 32.8. The molecule has 0 saturated heterocycles. The number of aliphatic hydroxyl groups is 2. The van der Waals surface area contributed by atoms with Gasteiger partial charge in [-0.25, -0.2) is 0 Å². The average Bonchev–Trinajstić information content (AvgIpc) is 3.37. The Balaban J connectivity index is 3.41. The third kappa shape index (κ3) is 58.0. The van der Waals surface area contributed by atoms with Crippen molar-refractivity contribution < 1.29 is 24.5 Å². The highest BCUT2D eigenvalue weighted by molar-refractivity contribution is 5.76. The summed E-state index contributed by atoms with van der Waals surface area (Å²) in [5.74, 6) is -0.0547. The lowest BCUT2D eigenvalue weighted by molar-refractivity contribution is -0.143. The van der Waals surface area contributed by atoms with Crippen molar-refractivity contribution in [1.29, 1.82) is 0 Å². The van der Waals surface area contributed by atoms with Gasteiger partial charge in [-0.05, 0) is 25.7 Å². The summed E-state index contributed by atoms with van der Waals surface area (Å²) in [6, 6.07) is -0.555. The fourth-order valence-corrected chi connectivity index (χ4v) is 10.6. The zero-order valence-corrected chi connectivity index (χ0v) is 48.5. The molecule has 0 heterocycles. The lowest BCUT2D eigenvalue weighted by Crippen LogP contribution is -2.45. The van der Waals surface area contributed by atoms with E-state index in [2.05, 4.69) is 19.2 Å². The molecule has 0 radical (unpaired) electrons. The molecular formula is C65H129NO5. The SMILES string of the molecule is CCCCCCCCCCCCCCCCCCCCCCCCCCC(O)C(CO)NC(=O)CCCCCCCCCCCCCOC(=O)CCCCCCCCCCCCCCCCCCCCC. The van der Waals surface area contributed by atoms with Crippen molar-refractivity contribution in [2.75, 3.05) is 13.2 Å². The number of esters is 1. The molecule has 0 aromatic heterocycles. The first-order chi connectivity index (χ1) is 35.0. The van der Waals surface area contributed by atoms with Crippen LogP contribution in [0, 0.1) is 0 Å². The molecule has 0 spiro atoms. The highest BCUT2D eigenvalue weighted by Crippen LogP contribution is 2.19. The van der Waals surface area contributed by atoms with Crippen LogP contribution in [0.5, 0.6) is 0 Å². The van der Waals surface area contributed by atoms with E-state index in [-0.39, 0.29) is 18.5 Å². The molecular weight excluding hydrogens is 875 g/mol. The number of hydrogen-bond donors (Lipinski definition) is 3. The van der Waals surface area contributed by atoms with Crippen LogP contribution in [0.3, 0.4) is 0 Å².